The monoisotopic (exact) mass is 546 g/mol. The fraction of sp³-hybridized carbons (Fsp3) is 0.548. The van der Waals surface area contributed by atoms with Crippen molar-refractivity contribution < 1.29 is 33.4 Å². The van der Waals surface area contributed by atoms with Crippen molar-refractivity contribution >= 4 is 34.6 Å². The van der Waals surface area contributed by atoms with Gasteiger partial charge in [0.05, 0.1) is 11.3 Å². The van der Waals surface area contributed by atoms with Gasteiger partial charge in [-0.3, -0.25) is 19.2 Å². The summed E-state index contributed by atoms with van der Waals surface area (Å²) in [4.78, 5) is 57.9. The lowest BCUT2D eigenvalue weighted by atomic mass is 9.43. The number of carbonyl (C=O) groups is 4. The number of H-pyrrole nitrogens is 1. The maximum Gasteiger partial charge on any atom is 0.324 e. The molecule has 3 aliphatic carbocycles. The molecule has 9 nitrogen and oxygen atoms in total. The third kappa shape index (κ3) is 3.01. The molecule has 3 heterocycles. The predicted octanol–water partition coefficient (Wildman–Crippen LogP) is 3.01. The Hall–Kier alpha value is -3.46. The van der Waals surface area contributed by atoms with Crippen molar-refractivity contribution in [3.8, 4) is 0 Å². The molecule has 2 bridgehead atoms. The number of hydrogen-bond acceptors (Lipinski definition) is 8. The zero-order valence-corrected chi connectivity index (χ0v) is 22.7. The number of aromatic nitrogens is 1. The van der Waals surface area contributed by atoms with Crippen LogP contribution in [0.1, 0.15) is 45.1 Å². The second kappa shape index (κ2) is 8.28. The van der Waals surface area contributed by atoms with Crippen LogP contribution in [0.15, 0.2) is 42.6 Å². The van der Waals surface area contributed by atoms with Gasteiger partial charge in [-0.2, -0.15) is 0 Å². The van der Waals surface area contributed by atoms with Crippen LogP contribution in [0.5, 0.6) is 0 Å². The lowest BCUT2D eigenvalue weighted by Crippen LogP contribution is -2.71. The first kappa shape index (κ1) is 25.5. The summed E-state index contributed by atoms with van der Waals surface area (Å²) < 4.78 is 17.9. The first-order valence-corrected chi connectivity index (χ1v) is 14.2. The van der Waals surface area contributed by atoms with Crippen molar-refractivity contribution in [1.29, 1.82) is 0 Å². The molecule has 2 spiro atoms. The molecule has 2 aromatic rings. The van der Waals surface area contributed by atoms with Crippen molar-refractivity contribution in [2.45, 2.75) is 64.2 Å². The van der Waals surface area contributed by atoms with E-state index in [0.29, 0.717) is 25.7 Å². The molecule has 40 heavy (non-hydrogen) atoms. The van der Waals surface area contributed by atoms with Crippen molar-refractivity contribution in [3.63, 3.8) is 0 Å². The van der Waals surface area contributed by atoms with E-state index < -0.39 is 70.0 Å². The number of aromatic amines is 1. The molecule has 3 N–H and O–H groups in total. The molecule has 210 valence electrons. The Labute approximate surface area is 231 Å². The second-order valence-corrected chi connectivity index (χ2v) is 13.1. The Morgan fingerprint density at radius 1 is 1.20 bits per heavy atom. The number of fused-ring (bicyclic) bond motifs is 2. The van der Waals surface area contributed by atoms with Gasteiger partial charge >= 0.3 is 17.9 Å². The van der Waals surface area contributed by atoms with Gasteiger partial charge in [-0.05, 0) is 54.2 Å². The number of para-hydroxylation sites is 1. The van der Waals surface area contributed by atoms with E-state index in [0.717, 1.165) is 16.5 Å². The smallest absolute Gasteiger partial charge is 0.324 e. The summed E-state index contributed by atoms with van der Waals surface area (Å²) >= 11 is 0. The molecule has 5 aliphatic rings. The summed E-state index contributed by atoms with van der Waals surface area (Å²) in [7, 11) is 0. The quantitative estimate of drug-likeness (QED) is 0.258. The number of nitrogens with one attached hydrogen (secondary N) is 1. The number of rotatable bonds is 4. The van der Waals surface area contributed by atoms with E-state index >= 15 is 0 Å². The second-order valence-electron chi connectivity index (χ2n) is 13.1. The van der Waals surface area contributed by atoms with Gasteiger partial charge in [0.2, 0.25) is 0 Å². The van der Waals surface area contributed by atoms with Crippen LogP contribution in [-0.2, 0) is 39.8 Å². The number of nitrogens with two attached hydrogens (primary N) is 1. The SMILES string of the molecule is C=C1C(=O)[C@@]23C(=O)O[C@H]4CCC(C)(C)[C@H]5C(=O)OC[C@@]45[C@@H]2CC[C@@H]1[C@H]3OC(=O)[C@H](N)Cc1c[nH]c2ccccc12. The van der Waals surface area contributed by atoms with Crippen molar-refractivity contribution in [2.24, 2.45) is 39.7 Å². The van der Waals surface area contributed by atoms with Crippen LogP contribution in [-0.4, -0.2) is 53.5 Å². The standard InChI is InChI=1S/C31H34N2O7/c1-15-17-8-9-21-30-14-38-27(36)23(30)29(2,3)11-10-22(30)39-28(37)31(21,24(15)34)25(17)40-26(35)19(32)12-16-13-33-20-7-5-4-6-18(16)20/h4-7,13,17,19,21-23,25,33H,1,8-12,14,32H2,2-3H3/t17-,19+,21-,22-,23+,25+,30+,31-/m0/s1. The predicted molar refractivity (Wildman–Crippen MR) is 142 cm³/mol. The van der Waals surface area contributed by atoms with E-state index in [4.69, 9.17) is 19.9 Å². The summed E-state index contributed by atoms with van der Waals surface area (Å²) in [5, 5.41) is 0.962. The van der Waals surface area contributed by atoms with Gasteiger partial charge in [-0.15, -0.1) is 0 Å². The van der Waals surface area contributed by atoms with Crippen LogP contribution in [0.2, 0.25) is 0 Å². The number of ether oxygens (including phenoxy) is 3. The summed E-state index contributed by atoms with van der Waals surface area (Å²) in [6.45, 7) is 8.19. The molecule has 3 saturated carbocycles. The Bertz CT molecular complexity index is 1490. The lowest BCUT2D eigenvalue weighted by molar-refractivity contribution is -0.247. The Balaban J connectivity index is 1.25. The molecule has 5 fully saturated rings. The molecular weight excluding hydrogens is 512 g/mol. The summed E-state index contributed by atoms with van der Waals surface area (Å²) in [5.74, 6) is -3.75. The highest BCUT2D eigenvalue weighted by molar-refractivity contribution is 6.16. The topological polar surface area (TPSA) is 138 Å². The Morgan fingerprint density at radius 3 is 2.77 bits per heavy atom. The maximum absolute atomic E-state index is 14.1. The number of Topliss-reactive ketones (excluding diaryl/α,β-unsaturated/α-hetero) is 1. The minimum absolute atomic E-state index is 0.0788. The molecule has 7 rings (SSSR count). The highest BCUT2D eigenvalue weighted by Gasteiger charge is 2.81. The van der Waals surface area contributed by atoms with E-state index in [2.05, 4.69) is 11.6 Å². The van der Waals surface area contributed by atoms with Gasteiger partial charge in [-0.25, -0.2) is 0 Å². The van der Waals surface area contributed by atoms with Gasteiger partial charge in [-0.1, -0.05) is 38.6 Å². The molecule has 2 aliphatic heterocycles. The van der Waals surface area contributed by atoms with E-state index in [9.17, 15) is 19.2 Å². The van der Waals surface area contributed by atoms with Crippen LogP contribution in [0.25, 0.3) is 10.9 Å². The molecule has 0 unspecified atom stereocenters. The molecule has 1 aromatic heterocycles. The minimum Gasteiger partial charge on any atom is -0.465 e. The van der Waals surface area contributed by atoms with Gasteiger partial charge in [0, 0.05) is 29.4 Å². The van der Waals surface area contributed by atoms with Crippen LogP contribution < -0.4 is 5.73 Å². The molecule has 0 amide bonds. The van der Waals surface area contributed by atoms with Crippen molar-refractivity contribution in [1.82, 2.24) is 4.98 Å². The fourth-order valence-electron chi connectivity index (χ4n) is 9.12. The fourth-order valence-corrected chi connectivity index (χ4v) is 9.12. The molecule has 0 radical (unpaired) electrons. The van der Waals surface area contributed by atoms with Crippen molar-refractivity contribution in [2.75, 3.05) is 6.61 Å². The normalized spacial score (nSPS) is 38.2. The average Bonchev–Trinajstić information content (AvgIpc) is 3.53. The maximum atomic E-state index is 14.1. The first-order chi connectivity index (χ1) is 19.0. The number of benzene rings is 1. The Kier molecular flexibility index (Phi) is 5.28. The minimum atomic E-state index is -1.76. The molecule has 9 heteroatoms. The van der Waals surface area contributed by atoms with Crippen LogP contribution >= 0.6 is 0 Å². The first-order valence-electron chi connectivity index (χ1n) is 14.2. The number of hydrogen-bond donors (Lipinski definition) is 2. The molecule has 2 saturated heterocycles. The lowest BCUT2D eigenvalue weighted by Gasteiger charge is -2.61. The summed E-state index contributed by atoms with van der Waals surface area (Å²) in [6, 6.07) is 6.72. The molecule has 8 atom stereocenters. The van der Waals surface area contributed by atoms with E-state index in [1.807, 2.05) is 44.3 Å². The van der Waals surface area contributed by atoms with E-state index in [1.165, 1.54) is 0 Å². The zero-order valence-electron chi connectivity index (χ0n) is 22.7. The van der Waals surface area contributed by atoms with Gasteiger partial charge < -0.3 is 24.9 Å². The van der Waals surface area contributed by atoms with E-state index in [-0.39, 0.29) is 24.6 Å². The highest BCUT2D eigenvalue weighted by atomic mass is 16.6. The van der Waals surface area contributed by atoms with Gasteiger partial charge in [0.25, 0.3) is 0 Å². The van der Waals surface area contributed by atoms with Crippen molar-refractivity contribution in [3.05, 3.63) is 48.2 Å². The Morgan fingerprint density at radius 2 is 1.98 bits per heavy atom. The number of cyclic esters (lactones) is 1. The average molecular weight is 547 g/mol. The van der Waals surface area contributed by atoms with Crippen LogP contribution in [0.4, 0.5) is 0 Å². The third-order valence-electron chi connectivity index (χ3n) is 10.8. The zero-order chi connectivity index (χ0) is 28.2. The number of carbonyl (C=O) groups excluding carboxylic acids is 4. The van der Waals surface area contributed by atoms with Crippen LogP contribution in [0, 0.1) is 34.0 Å². The highest BCUT2D eigenvalue weighted by Crippen LogP contribution is 2.71. The number of esters is 3. The molecular formula is C31H34N2O7. The van der Waals surface area contributed by atoms with Gasteiger partial charge in [0.1, 0.15) is 24.9 Å². The summed E-state index contributed by atoms with van der Waals surface area (Å²) in [5.41, 5.74) is 5.41. The summed E-state index contributed by atoms with van der Waals surface area (Å²) in [6.07, 6.45) is 2.71. The largest absolute Gasteiger partial charge is 0.465 e. The van der Waals surface area contributed by atoms with E-state index in [1.54, 1.807) is 0 Å². The van der Waals surface area contributed by atoms with Gasteiger partial charge in [0.15, 0.2) is 11.2 Å². The number of ketones is 1. The third-order valence-corrected chi connectivity index (χ3v) is 10.8. The van der Waals surface area contributed by atoms with Crippen LogP contribution in [0.3, 0.4) is 0 Å². The molecule has 1 aromatic carbocycles.